The molecule has 0 spiro atoms. The maximum absolute atomic E-state index is 11.7. The molecule has 0 radical (unpaired) electrons. The van der Waals surface area contributed by atoms with Crippen LogP contribution in [0.1, 0.15) is 25.6 Å². The number of imidazole rings is 1. The maximum atomic E-state index is 11.7. The number of fused-ring (bicyclic) bond motifs is 1. The summed E-state index contributed by atoms with van der Waals surface area (Å²) in [7, 11) is 1.59. The first kappa shape index (κ1) is 14.5. The SMILES string of the molecule is CCCn1c(C)nc2cc(NC(=O)CCOC)ccc21. The van der Waals surface area contributed by atoms with Gasteiger partial charge in [0.1, 0.15) is 5.82 Å². The molecule has 1 amide bonds. The molecule has 108 valence electrons. The van der Waals surface area contributed by atoms with Crippen LogP contribution in [-0.2, 0) is 16.1 Å². The predicted octanol–water partition coefficient (Wildman–Crippen LogP) is 2.73. The number of methoxy groups -OCH3 is 1. The van der Waals surface area contributed by atoms with E-state index in [0.717, 1.165) is 35.5 Å². The molecule has 5 heteroatoms. The highest BCUT2D eigenvalue weighted by molar-refractivity contribution is 5.93. The second-order valence-electron chi connectivity index (χ2n) is 4.81. The number of amides is 1. The third kappa shape index (κ3) is 3.17. The van der Waals surface area contributed by atoms with E-state index in [0.29, 0.717) is 13.0 Å². The van der Waals surface area contributed by atoms with Gasteiger partial charge in [0.2, 0.25) is 5.91 Å². The average Bonchev–Trinajstić information content (AvgIpc) is 2.73. The zero-order valence-electron chi connectivity index (χ0n) is 12.3. The van der Waals surface area contributed by atoms with Gasteiger partial charge < -0.3 is 14.6 Å². The number of anilines is 1. The smallest absolute Gasteiger partial charge is 0.226 e. The Kier molecular flexibility index (Phi) is 4.74. The van der Waals surface area contributed by atoms with E-state index in [1.54, 1.807) is 7.11 Å². The maximum Gasteiger partial charge on any atom is 0.226 e. The fourth-order valence-corrected chi connectivity index (χ4v) is 2.25. The van der Waals surface area contributed by atoms with Gasteiger partial charge in [0.15, 0.2) is 0 Å². The first-order valence-corrected chi connectivity index (χ1v) is 6.91. The Morgan fingerprint density at radius 1 is 1.45 bits per heavy atom. The van der Waals surface area contributed by atoms with Crippen LogP contribution >= 0.6 is 0 Å². The van der Waals surface area contributed by atoms with Gasteiger partial charge in [-0.1, -0.05) is 6.92 Å². The normalized spacial score (nSPS) is 10.9. The van der Waals surface area contributed by atoms with E-state index in [-0.39, 0.29) is 5.91 Å². The largest absolute Gasteiger partial charge is 0.384 e. The van der Waals surface area contributed by atoms with E-state index >= 15 is 0 Å². The van der Waals surface area contributed by atoms with E-state index in [4.69, 9.17) is 4.74 Å². The van der Waals surface area contributed by atoms with Crippen LogP contribution in [0.2, 0.25) is 0 Å². The standard InChI is InChI=1S/C15H21N3O2/c1-4-8-18-11(2)16-13-10-12(5-6-14(13)18)17-15(19)7-9-20-3/h5-6,10H,4,7-9H2,1-3H3,(H,17,19). The average molecular weight is 275 g/mol. The van der Waals surface area contributed by atoms with Crippen LogP contribution in [0, 0.1) is 6.92 Å². The van der Waals surface area contributed by atoms with Gasteiger partial charge in [0, 0.05) is 19.3 Å². The van der Waals surface area contributed by atoms with E-state index in [9.17, 15) is 4.79 Å². The van der Waals surface area contributed by atoms with Crippen molar-refractivity contribution in [2.24, 2.45) is 0 Å². The number of benzene rings is 1. The molecule has 0 unspecified atom stereocenters. The van der Waals surface area contributed by atoms with Crippen LogP contribution < -0.4 is 5.32 Å². The summed E-state index contributed by atoms with van der Waals surface area (Å²) in [4.78, 5) is 16.2. The molecular weight excluding hydrogens is 254 g/mol. The van der Waals surface area contributed by atoms with Crippen LogP contribution in [0.4, 0.5) is 5.69 Å². The molecular formula is C15H21N3O2. The zero-order chi connectivity index (χ0) is 14.5. The highest BCUT2D eigenvalue weighted by Crippen LogP contribution is 2.20. The van der Waals surface area contributed by atoms with Crippen LogP contribution in [0.5, 0.6) is 0 Å². The van der Waals surface area contributed by atoms with Crippen molar-refractivity contribution in [3.8, 4) is 0 Å². The number of carbonyl (C=O) groups excluding carboxylic acids is 1. The minimum Gasteiger partial charge on any atom is -0.384 e. The van der Waals surface area contributed by atoms with Crippen molar-refractivity contribution in [3.63, 3.8) is 0 Å². The van der Waals surface area contributed by atoms with Crippen molar-refractivity contribution in [3.05, 3.63) is 24.0 Å². The van der Waals surface area contributed by atoms with Gasteiger partial charge in [-0.3, -0.25) is 4.79 Å². The minimum atomic E-state index is -0.0455. The lowest BCUT2D eigenvalue weighted by Gasteiger charge is -2.06. The first-order valence-electron chi connectivity index (χ1n) is 6.91. The summed E-state index contributed by atoms with van der Waals surface area (Å²) in [5, 5.41) is 2.86. The van der Waals surface area contributed by atoms with Gasteiger partial charge in [0.25, 0.3) is 0 Å². The highest BCUT2D eigenvalue weighted by Gasteiger charge is 2.08. The molecule has 0 saturated carbocycles. The molecule has 1 N–H and O–H groups in total. The number of nitrogens with zero attached hydrogens (tertiary/aromatic N) is 2. The number of hydrogen-bond donors (Lipinski definition) is 1. The molecule has 0 aliphatic carbocycles. The van der Waals surface area contributed by atoms with Crippen molar-refractivity contribution < 1.29 is 9.53 Å². The molecule has 2 aromatic rings. The number of aromatic nitrogens is 2. The lowest BCUT2D eigenvalue weighted by atomic mass is 10.2. The highest BCUT2D eigenvalue weighted by atomic mass is 16.5. The molecule has 5 nitrogen and oxygen atoms in total. The number of ether oxygens (including phenoxy) is 1. The Bertz CT molecular complexity index is 604. The van der Waals surface area contributed by atoms with E-state index in [1.165, 1.54) is 0 Å². The van der Waals surface area contributed by atoms with E-state index in [1.807, 2.05) is 25.1 Å². The number of rotatable bonds is 6. The Morgan fingerprint density at radius 2 is 2.25 bits per heavy atom. The van der Waals surface area contributed by atoms with Gasteiger partial charge in [-0.05, 0) is 31.5 Å². The summed E-state index contributed by atoms with van der Waals surface area (Å²) < 4.78 is 7.09. The topological polar surface area (TPSA) is 56.2 Å². The molecule has 1 aromatic heterocycles. The zero-order valence-corrected chi connectivity index (χ0v) is 12.3. The second-order valence-corrected chi connectivity index (χ2v) is 4.81. The summed E-state index contributed by atoms with van der Waals surface area (Å²) in [6.45, 7) is 5.54. The monoisotopic (exact) mass is 275 g/mol. The van der Waals surface area contributed by atoms with Crippen LogP contribution in [0.15, 0.2) is 18.2 Å². The molecule has 0 saturated heterocycles. The first-order chi connectivity index (χ1) is 9.65. The van der Waals surface area contributed by atoms with Crippen molar-refractivity contribution in [2.75, 3.05) is 19.0 Å². The van der Waals surface area contributed by atoms with Crippen molar-refractivity contribution in [2.45, 2.75) is 33.2 Å². The second kappa shape index (κ2) is 6.52. The molecule has 0 atom stereocenters. The third-order valence-electron chi connectivity index (χ3n) is 3.20. The quantitative estimate of drug-likeness (QED) is 0.882. The van der Waals surface area contributed by atoms with Crippen molar-refractivity contribution >= 4 is 22.6 Å². The van der Waals surface area contributed by atoms with Gasteiger partial charge in [-0.2, -0.15) is 0 Å². The van der Waals surface area contributed by atoms with Crippen molar-refractivity contribution in [1.82, 2.24) is 9.55 Å². The molecule has 0 bridgehead atoms. The molecule has 0 aliphatic heterocycles. The van der Waals surface area contributed by atoms with Gasteiger partial charge in [0.05, 0.1) is 24.1 Å². The summed E-state index contributed by atoms with van der Waals surface area (Å²) in [6, 6.07) is 5.84. The van der Waals surface area contributed by atoms with Gasteiger partial charge >= 0.3 is 0 Å². The molecule has 0 aliphatic rings. The summed E-state index contributed by atoms with van der Waals surface area (Å²) in [5.74, 6) is 0.959. The van der Waals surface area contributed by atoms with Crippen LogP contribution in [0.25, 0.3) is 11.0 Å². The minimum absolute atomic E-state index is 0.0455. The molecule has 2 rings (SSSR count). The third-order valence-corrected chi connectivity index (χ3v) is 3.20. The van der Waals surface area contributed by atoms with Gasteiger partial charge in [-0.15, -0.1) is 0 Å². The Hall–Kier alpha value is -1.88. The molecule has 0 fully saturated rings. The fraction of sp³-hybridized carbons (Fsp3) is 0.467. The lowest BCUT2D eigenvalue weighted by Crippen LogP contribution is -2.13. The lowest BCUT2D eigenvalue weighted by molar-refractivity contribution is -0.117. The van der Waals surface area contributed by atoms with Crippen LogP contribution in [-0.4, -0.2) is 29.2 Å². The summed E-state index contributed by atoms with van der Waals surface area (Å²) in [6.07, 6.45) is 1.43. The fourth-order valence-electron chi connectivity index (χ4n) is 2.25. The number of hydrogen-bond acceptors (Lipinski definition) is 3. The summed E-state index contributed by atoms with van der Waals surface area (Å²) >= 11 is 0. The van der Waals surface area contributed by atoms with Crippen LogP contribution in [0.3, 0.4) is 0 Å². The summed E-state index contributed by atoms with van der Waals surface area (Å²) in [5.41, 5.74) is 2.81. The van der Waals surface area contributed by atoms with E-state index in [2.05, 4.69) is 21.8 Å². The predicted molar refractivity (Wildman–Crippen MR) is 79.9 cm³/mol. The molecule has 1 aromatic carbocycles. The number of aryl methyl sites for hydroxylation is 2. The molecule has 1 heterocycles. The van der Waals surface area contributed by atoms with E-state index < -0.39 is 0 Å². The number of nitrogens with one attached hydrogen (secondary N) is 1. The molecule has 20 heavy (non-hydrogen) atoms. The Morgan fingerprint density at radius 3 is 2.95 bits per heavy atom. The Balaban J connectivity index is 2.19. The Labute approximate surface area is 118 Å². The number of carbonyl (C=O) groups is 1. The van der Waals surface area contributed by atoms with Gasteiger partial charge in [-0.25, -0.2) is 4.98 Å². The van der Waals surface area contributed by atoms with Crippen molar-refractivity contribution in [1.29, 1.82) is 0 Å².